The van der Waals surface area contributed by atoms with Crippen molar-refractivity contribution in [3.63, 3.8) is 0 Å². The van der Waals surface area contributed by atoms with Gasteiger partial charge in [0, 0.05) is 50.9 Å². The number of anilines is 1. The van der Waals surface area contributed by atoms with Crippen molar-refractivity contribution in [3.05, 3.63) is 53.0 Å². The number of rotatable bonds is 5. The maximum absolute atomic E-state index is 14.0. The number of sulfonamides is 1. The Morgan fingerprint density at radius 1 is 0.980 bits per heavy atom. The van der Waals surface area contributed by atoms with Crippen molar-refractivity contribution in [3.8, 4) is 0 Å². The molecule has 4 heterocycles. The summed E-state index contributed by atoms with van der Waals surface area (Å²) in [5.41, 5.74) is 4.61. The first-order valence-electron chi connectivity index (χ1n) is 19.1. The molecule has 3 aliphatic heterocycles. The standard InChI is InChI=1S/C38H59N7O4S/c1-25-9-6-10-26(2)36(25)31-18-35-42-37(41-31)43-50(46,47)30-12-7-11-27(17-30)22-44(29(24-49-35)19-38(3,4)5)23-28-20-39-21-34(40-28)45-15-8-16-48-33-14-13-32(33)45/h6,9-10,20-21,27,29-33,35,37,41-43H,7-8,11-19,22-24H2,1-5H3/t27?,29-,30?,31?,32?,33?,35?,37?/m1/s1. The molecular formula is C38H59N7O4S. The molecule has 2 aromatic rings. The zero-order chi connectivity index (χ0) is 35.0. The molecule has 11 nitrogen and oxygen atoms in total. The SMILES string of the molecule is Cc1cccc(C)c1C1CC2NC(N1)NS(=O)(=O)C1CCCC(C1)CN(Cc1cncc(N3CCCOC4CCC43)n1)[C@H](CC(C)(C)C)CO2. The van der Waals surface area contributed by atoms with Crippen LogP contribution in [0.25, 0.3) is 0 Å². The van der Waals surface area contributed by atoms with Crippen LogP contribution in [0.2, 0.25) is 0 Å². The van der Waals surface area contributed by atoms with Gasteiger partial charge in [0.25, 0.3) is 0 Å². The Bertz CT molecular complexity index is 1560. The summed E-state index contributed by atoms with van der Waals surface area (Å²) in [6.07, 6.45) is 11.3. The van der Waals surface area contributed by atoms with E-state index < -0.39 is 21.6 Å². The van der Waals surface area contributed by atoms with E-state index in [9.17, 15) is 8.42 Å². The van der Waals surface area contributed by atoms with Crippen molar-refractivity contribution in [2.45, 2.75) is 141 Å². The van der Waals surface area contributed by atoms with Gasteiger partial charge in [-0.05, 0) is 86.8 Å². The molecule has 12 heteroatoms. The molecule has 4 bridgehead atoms. The zero-order valence-electron chi connectivity index (χ0n) is 30.7. The summed E-state index contributed by atoms with van der Waals surface area (Å²) in [6.45, 7) is 14.9. The van der Waals surface area contributed by atoms with E-state index in [2.05, 4.69) is 78.0 Å². The van der Waals surface area contributed by atoms with Crippen LogP contribution in [-0.4, -0.2) is 85.5 Å². The smallest absolute Gasteiger partial charge is 0.216 e. The molecule has 0 radical (unpaired) electrons. The third-order valence-electron chi connectivity index (χ3n) is 11.6. The number of ether oxygens (including phenoxy) is 2. The van der Waals surface area contributed by atoms with E-state index >= 15 is 0 Å². The molecule has 0 amide bonds. The maximum atomic E-state index is 14.0. The quantitative estimate of drug-likeness (QED) is 0.396. The van der Waals surface area contributed by atoms with E-state index in [1.165, 1.54) is 16.7 Å². The Morgan fingerprint density at radius 3 is 2.56 bits per heavy atom. The van der Waals surface area contributed by atoms with Gasteiger partial charge in [-0.2, -0.15) is 4.72 Å². The van der Waals surface area contributed by atoms with Crippen molar-refractivity contribution >= 4 is 15.8 Å². The number of fused-ring (bicyclic) bond motifs is 5. The van der Waals surface area contributed by atoms with Gasteiger partial charge in [-0.3, -0.25) is 20.5 Å². The first-order chi connectivity index (χ1) is 23.9. The Labute approximate surface area is 299 Å². The number of nitrogens with zero attached hydrogens (tertiary/aromatic N) is 4. The lowest BCUT2D eigenvalue weighted by molar-refractivity contribution is -0.0517. The summed E-state index contributed by atoms with van der Waals surface area (Å²) in [5, 5.41) is 6.65. The predicted octanol–water partition coefficient (Wildman–Crippen LogP) is 4.90. The van der Waals surface area contributed by atoms with Gasteiger partial charge in [-0.15, -0.1) is 0 Å². The van der Waals surface area contributed by atoms with Crippen LogP contribution in [-0.2, 0) is 26.0 Å². The molecular weight excluding hydrogens is 651 g/mol. The van der Waals surface area contributed by atoms with E-state index in [0.717, 1.165) is 69.7 Å². The lowest BCUT2D eigenvalue weighted by atomic mass is 9.85. The summed E-state index contributed by atoms with van der Waals surface area (Å²) in [6, 6.07) is 6.77. The minimum atomic E-state index is -3.60. The average molecular weight is 710 g/mol. The van der Waals surface area contributed by atoms with Crippen molar-refractivity contribution in [1.82, 2.24) is 30.2 Å². The average Bonchev–Trinajstić information content (AvgIpc) is 3.18. The summed E-state index contributed by atoms with van der Waals surface area (Å²) >= 11 is 0. The maximum Gasteiger partial charge on any atom is 0.216 e. The predicted molar refractivity (Wildman–Crippen MR) is 196 cm³/mol. The molecule has 1 aromatic heterocycles. The number of benzene rings is 1. The highest BCUT2D eigenvalue weighted by Crippen LogP contribution is 2.36. The molecule has 2 saturated carbocycles. The first kappa shape index (κ1) is 36.2. The highest BCUT2D eigenvalue weighted by atomic mass is 32.2. The zero-order valence-corrected chi connectivity index (χ0v) is 31.6. The number of hydrogen-bond donors (Lipinski definition) is 3. The van der Waals surface area contributed by atoms with Gasteiger partial charge in [0.2, 0.25) is 10.0 Å². The van der Waals surface area contributed by atoms with Crippen LogP contribution >= 0.6 is 0 Å². The number of hydrogen-bond acceptors (Lipinski definition) is 10. The minimum Gasteiger partial charge on any atom is -0.376 e. The molecule has 7 unspecified atom stereocenters. The van der Waals surface area contributed by atoms with E-state index in [0.29, 0.717) is 38.5 Å². The molecule has 2 aliphatic carbocycles. The summed E-state index contributed by atoms with van der Waals surface area (Å²) in [4.78, 5) is 14.9. The van der Waals surface area contributed by atoms with Crippen LogP contribution in [0, 0.1) is 25.2 Å². The monoisotopic (exact) mass is 709 g/mol. The third-order valence-corrected chi connectivity index (χ3v) is 13.5. The molecule has 8 atom stereocenters. The number of nitrogens with one attached hydrogen (secondary N) is 3. The fourth-order valence-corrected chi connectivity index (χ4v) is 10.8. The van der Waals surface area contributed by atoms with Crippen LogP contribution in [0.5, 0.6) is 0 Å². The van der Waals surface area contributed by atoms with E-state index in [4.69, 9.17) is 19.4 Å². The normalized spacial score (nSPS) is 33.9. The number of aryl methyl sites for hydroxylation is 2. The topological polar surface area (TPSA) is 121 Å². The van der Waals surface area contributed by atoms with Gasteiger partial charge in [-0.25, -0.2) is 13.4 Å². The minimum absolute atomic E-state index is 0.0594. The second kappa shape index (κ2) is 15.0. The number of aromatic nitrogens is 2. The van der Waals surface area contributed by atoms with E-state index in [1.807, 2.05) is 12.4 Å². The van der Waals surface area contributed by atoms with Crippen molar-refractivity contribution in [2.75, 3.05) is 31.2 Å². The highest BCUT2D eigenvalue weighted by Gasteiger charge is 2.41. The van der Waals surface area contributed by atoms with Gasteiger partial charge in [0.05, 0.1) is 35.9 Å². The summed E-state index contributed by atoms with van der Waals surface area (Å²) < 4.78 is 44.0. The molecule has 7 rings (SSSR count). The van der Waals surface area contributed by atoms with Crippen LogP contribution in [0.1, 0.15) is 107 Å². The van der Waals surface area contributed by atoms with E-state index in [1.54, 1.807) is 0 Å². The molecule has 0 spiro atoms. The molecule has 3 saturated heterocycles. The van der Waals surface area contributed by atoms with Gasteiger partial charge in [-0.1, -0.05) is 45.4 Å². The second-order valence-electron chi connectivity index (χ2n) is 16.8. The molecule has 5 fully saturated rings. The summed E-state index contributed by atoms with van der Waals surface area (Å²) in [5.74, 6) is 1.19. The lowest BCUT2D eigenvalue weighted by Crippen LogP contribution is -2.64. The van der Waals surface area contributed by atoms with Crippen molar-refractivity contribution in [1.29, 1.82) is 0 Å². The van der Waals surface area contributed by atoms with Crippen LogP contribution in [0.4, 0.5) is 5.82 Å². The Hall–Kier alpha value is -2.19. The fourth-order valence-electron chi connectivity index (χ4n) is 9.14. The summed E-state index contributed by atoms with van der Waals surface area (Å²) in [7, 11) is -3.60. The van der Waals surface area contributed by atoms with Crippen LogP contribution < -0.4 is 20.3 Å². The first-order valence-corrected chi connectivity index (χ1v) is 20.6. The molecule has 1 aromatic carbocycles. The van der Waals surface area contributed by atoms with E-state index in [-0.39, 0.29) is 35.7 Å². The highest BCUT2D eigenvalue weighted by molar-refractivity contribution is 7.90. The second-order valence-corrected chi connectivity index (χ2v) is 18.8. The molecule has 276 valence electrons. The van der Waals surface area contributed by atoms with Gasteiger partial charge >= 0.3 is 0 Å². The Kier molecular flexibility index (Phi) is 10.9. The molecule has 3 N–H and O–H groups in total. The Morgan fingerprint density at radius 2 is 1.80 bits per heavy atom. The molecule has 50 heavy (non-hydrogen) atoms. The molecule has 5 aliphatic rings. The van der Waals surface area contributed by atoms with Crippen molar-refractivity contribution < 1.29 is 17.9 Å². The fraction of sp³-hybridized carbons (Fsp3) is 0.737. The van der Waals surface area contributed by atoms with Crippen LogP contribution in [0.15, 0.2) is 30.6 Å². The largest absolute Gasteiger partial charge is 0.376 e. The van der Waals surface area contributed by atoms with Gasteiger partial charge in [0.1, 0.15) is 18.3 Å². The third kappa shape index (κ3) is 8.37. The van der Waals surface area contributed by atoms with Crippen molar-refractivity contribution in [2.24, 2.45) is 11.3 Å². The van der Waals surface area contributed by atoms with Gasteiger partial charge in [0.15, 0.2) is 0 Å². The lowest BCUT2D eigenvalue weighted by Gasteiger charge is -2.42. The van der Waals surface area contributed by atoms with Crippen LogP contribution in [0.3, 0.4) is 0 Å². The Balaban J connectivity index is 1.20. The van der Waals surface area contributed by atoms with Gasteiger partial charge < -0.3 is 14.4 Å².